The lowest BCUT2D eigenvalue weighted by molar-refractivity contribution is -0.152. The first-order valence-electron chi connectivity index (χ1n) is 9.07. The third kappa shape index (κ3) is 4.17. The molecule has 3 rings (SSSR count). The fourth-order valence-electron chi connectivity index (χ4n) is 3.61. The highest BCUT2D eigenvalue weighted by atomic mass is 32.2. The van der Waals surface area contributed by atoms with Crippen molar-refractivity contribution in [2.45, 2.75) is 38.3 Å². The fourth-order valence-corrected chi connectivity index (χ4v) is 4.86. The van der Waals surface area contributed by atoms with Gasteiger partial charge in [-0.3, -0.25) is 9.59 Å². The van der Waals surface area contributed by atoms with Crippen molar-refractivity contribution < 1.29 is 27.2 Å². The van der Waals surface area contributed by atoms with E-state index in [-0.39, 0.29) is 30.8 Å². The minimum absolute atomic E-state index is 0.251. The van der Waals surface area contributed by atoms with Crippen LogP contribution in [0.5, 0.6) is 0 Å². The van der Waals surface area contributed by atoms with E-state index >= 15 is 0 Å². The molecule has 0 aromatic carbocycles. The molecule has 10 heteroatoms. The number of ether oxygens (including phenoxy) is 1. The van der Waals surface area contributed by atoms with Crippen LogP contribution in [0, 0.1) is 5.92 Å². The van der Waals surface area contributed by atoms with Crippen LogP contribution in [0.15, 0.2) is 22.8 Å². The number of nitrogens with one attached hydrogen (secondary N) is 1. The second kappa shape index (κ2) is 7.99. The number of likely N-dealkylation sites (N-methyl/N-ethyl adjacent to an activating group) is 1. The Morgan fingerprint density at radius 2 is 2.19 bits per heavy atom. The number of piperidine rings is 1. The Hall–Kier alpha value is -1.91. The van der Waals surface area contributed by atoms with Crippen LogP contribution in [0.2, 0.25) is 0 Å². The number of carbonyl (C=O) groups is 2. The van der Waals surface area contributed by atoms with Gasteiger partial charge in [0.1, 0.15) is 11.8 Å². The summed E-state index contributed by atoms with van der Waals surface area (Å²) in [5.41, 5.74) is 0. The smallest absolute Gasteiger partial charge is 0.310 e. The number of hydrogen-bond acceptors (Lipinski definition) is 6. The zero-order valence-electron chi connectivity index (χ0n) is 15.5. The van der Waals surface area contributed by atoms with E-state index in [4.69, 9.17) is 9.15 Å². The molecule has 0 aliphatic carbocycles. The van der Waals surface area contributed by atoms with Crippen molar-refractivity contribution in [2.75, 3.05) is 26.7 Å². The van der Waals surface area contributed by atoms with Gasteiger partial charge in [0.15, 0.2) is 0 Å². The highest BCUT2D eigenvalue weighted by molar-refractivity contribution is 7.87. The summed E-state index contributed by atoms with van der Waals surface area (Å²) in [6, 6.07) is 1.89. The van der Waals surface area contributed by atoms with E-state index in [9.17, 15) is 18.0 Å². The summed E-state index contributed by atoms with van der Waals surface area (Å²) in [5.74, 6) is -0.512. The van der Waals surface area contributed by atoms with Crippen LogP contribution in [0.4, 0.5) is 0 Å². The fraction of sp³-hybridized carbons (Fsp3) is 0.647. The summed E-state index contributed by atoms with van der Waals surface area (Å²) < 4.78 is 38.9. The molecule has 0 bridgehead atoms. The monoisotopic (exact) mass is 399 g/mol. The van der Waals surface area contributed by atoms with Crippen LogP contribution in [0.3, 0.4) is 0 Å². The zero-order chi connectivity index (χ0) is 19.6. The molecule has 27 heavy (non-hydrogen) atoms. The van der Waals surface area contributed by atoms with Gasteiger partial charge in [-0.25, -0.2) is 0 Å². The van der Waals surface area contributed by atoms with Gasteiger partial charge in [0, 0.05) is 20.1 Å². The normalized spacial score (nSPS) is 28.7. The summed E-state index contributed by atoms with van der Waals surface area (Å²) in [4.78, 5) is 26.7. The Balaban J connectivity index is 1.76. The molecule has 150 valence electrons. The molecule has 0 saturated carbocycles. The first-order chi connectivity index (χ1) is 12.8. The van der Waals surface area contributed by atoms with Crippen molar-refractivity contribution in [1.82, 2.24) is 13.9 Å². The zero-order valence-corrected chi connectivity index (χ0v) is 16.3. The van der Waals surface area contributed by atoms with E-state index in [0.717, 1.165) is 4.31 Å². The number of esters is 1. The van der Waals surface area contributed by atoms with Crippen LogP contribution in [0.25, 0.3) is 0 Å². The molecule has 9 nitrogen and oxygen atoms in total. The quantitative estimate of drug-likeness (QED) is 0.745. The van der Waals surface area contributed by atoms with E-state index < -0.39 is 22.3 Å². The van der Waals surface area contributed by atoms with Crippen LogP contribution in [-0.2, 0) is 24.5 Å². The molecule has 1 aromatic rings. The van der Waals surface area contributed by atoms with Crippen LogP contribution >= 0.6 is 0 Å². The number of hydrogen-bond donors (Lipinski definition) is 1. The summed E-state index contributed by atoms with van der Waals surface area (Å²) >= 11 is 0. The Bertz CT molecular complexity index is 779. The average Bonchev–Trinajstić information content (AvgIpc) is 3.18. The molecule has 2 aliphatic rings. The first kappa shape index (κ1) is 19.8. The molecule has 1 amide bonds. The molecule has 0 unspecified atom stereocenters. The molecule has 2 aliphatic heterocycles. The van der Waals surface area contributed by atoms with Gasteiger partial charge in [-0.05, 0) is 38.3 Å². The van der Waals surface area contributed by atoms with E-state index in [1.807, 2.05) is 0 Å². The topological polar surface area (TPSA) is 109 Å². The van der Waals surface area contributed by atoms with E-state index in [1.54, 1.807) is 24.0 Å². The average molecular weight is 399 g/mol. The Morgan fingerprint density at radius 3 is 2.85 bits per heavy atom. The van der Waals surface area contributed by atoms with Gasteiger partial charge in [0.05, 0.1) is 24.8 Å². The number of furan rings is 1. The highest BCUT2D eigenvalue weighted by Gasteiger charge is 2.44. The van der Waals surface area contributed by atoms with Crippen molar-refractivity contribution in [3.05, 3.63) is 24.2 Å². The maximum Gasteiger partial charge on any atom is 0.310 e. The highest BCUT2D eigenvalue weighted by Crippen LogP contribution is 2.30. The lowest BCUT2D eigenvalue weighted by Crippen LogP contribution is -2.59. The Labute approximate surface area is 158 Å². The van der Waals surface area contributed by atoms with Crippen molar-refractivity contribution >= 4 is 22.1 Å². The minimum atomic E-state index is -3.82. The number of carbonyl (C=O) groups excluding carboxylic acids is 2. The third-order valence-electron chi connectivity index (χ3n) is 5.09. The lowest BCUT2D eigenvalue weighted by Gasteiger charge is -2.40. The van der Waals surface area contributed by atoms with Gasteiger partial charge < -0.3 is 14.1 Å². The molecule has 2 fully saturated rings. The second-order valence-electron chi connectivity index (χ2n) is 6.83. The summed E-state index contributed by atoms with van der Waals surface area (Å²) in [5, 5.41) is 0. The van der Waals surface area contributed by atoms with Crippen molar-refractivity contribution in [3.63, 3.8) is 0 Å². The van der Waals surface area contributed by atoms with Crippen LogP contribution in [-0.4, -0.2) is 62.3 Å². The predicted molar refractivity (Wildman–Crippen MR) is 95.6 cm³/mol. The molecule has 3 heterocycles. The SMILES string of the molecule is CCOC(=O)[C@@H]1CCCN(C(=O)[C@H]2C[C@@H](c3ccco3)NS(=O)(=O)N2C)C1. The minimum Gasteiger partial charge on any atom is -0.468 e. The van der Waals surface area contributed by atoms with Crippen LogP contribution < -0.4 is 4.72 Å². The van der Waals surface area contributed by atoms with Gasteiger partial charge >= 0.3 is 5.97 Å². The van der Waals surface area contributed by atoms with Crippen molar-refractivity contribution in [1.29, 1.82) is 0 Å². The van der Waals surface area contributed by atoms with E-state index in [0.29, 0.717) is 31.8 Å². The number of nitrogens with zero attached hydrogens (tertiary/aromatic N) is 2. The van der Waals surface area contributed by atoms with Gasteiger partial charge in [-0.2, -0.15) is 17.4 Å². The van der Waals surface area contributed by atoms with Gasteiger partial charge in [0.25, 0.3) is 10.2 Å². The number of rotatable bonds is 4. The summed E-state index contributed by atoms with van der Waals surface area (Å²) in [7, 11) is -2.44. The number of amides is 1. The Morgan fingerprint density at radius 1 is 1.41 bits per heavy atom. The molecule has 1 aromatic heterocycles. The molecule has 0 radical (unpaired) electrons. The van der Waals surface area contributed by atoms with Crippen LogP contribution in [0.1, 0.15) is 38.0 Å². The third-order valence-corrected chi connectivity index (χ3v) is 6.69. The van der Waals surface area contributed by atoms with Gasteiger partial charge in [-0.1, -0.05) is 0 Å². The molecule has 2 saturated heterocycles. The predicted octanol–water partition coefficient (Wildman–Crippen LogP) is 0.661. The number of likely N-dealkylation sites (tertiary alicyclic amines) is 1. The van der Waals surface area contributed by atoms with Crippen molar-refractivity contribution in [2.24, 2.45) is 5.92 Å². The van der Waals surface area contributed by atoms with Gasteiger partial charge in [0.2, 0.25) is 5.91 Å². The lowest BCUT2D eigenvalue weighted by atomic mass is 9.96. The molecular formula is C17H25N3O6S. The first-order valence-corrected chi connectivity index (χ1v) is 10.5. The largest absolute Gasteiger partial charge is 0.468 e. The van der Waals surface area contributed by atoms with E-state index in [2.05, 4.69) is 4.72 Å². The maximum atomic E-state index is 13.1. The van der Waals surface area contributed by atoms with Gasteiger partial charge in [-0.15, -0.1) is 0 Å². The maximum absolute atomic E-state index is 13.1. The molecular weight excluding hydrogens is 374 g/mol. The molecule has 0 spiro atoms. The van der Waals surface area contributed by atoms with Crippen molar-refractivity contribution in [3.8, 4) is 0 Å². The molecule has 3 atom stereocenters. The summed E-state index contributed by atoms with van der Waals surface area (Å²) in [6.45, 7) is 2.79. The Kier molecular flexibility index (Phi) is 5.87. The second-order valence-corrected chi connectivity index (χ2v) is 8.60. The van der Waals surface area contributed by atoms with E-state index in [1.165, 1.54) is 13.3 Å². The summed E-state index contributed by atoms with van der Waals surface area (Å²) in [6.07, 6.45) is 3.06. The molecule has 1 N–H and O–H groups in total. The standard InChI is InChI=1S/C17H25N3O6S/c1-3-25-17(22)12-6-4-8-20(11-12)16(21)14-10-13(15-7-5-9-26-15)18-27(23,24)19(14)2/h5,7,9,12-14,18H,3-4,6,8,10-11H2,1-2H3/t12-,13+,14-/m1/s1.